The molecule has 0 aromatic rings. The number of ketones is 2. The Hall–Kier alpha value is 1.37. The summed E-state index contributed by atoms with van der Waals surface area (Å²) in [6, 6.07) is 0. The van der Waals surface area contributed by atoms with Crippen molar-refractivity contribution < 1.29 is 36.5 Å². The van der Waals surface area contributed by atoms with Crippen molar-refractivity contribution in [3.05, 3.63) is 11.6 Å². The van der Waals surface area contributed by atoms with E-state index in [4.69, 9.17) is 1.37 Å². The topological polar surface area (TPSA) is 135 Å². The second-order valence-electron chi connectivity index (χ2n) is 39.6. The SMILES string of the molecule is C.C.C.C.CC(=O)[C@H]1CC[C@H]2[C@@H]3CC[C@H]4C[C@](C)(O)CC[C@@H]4[C@H]3CC[C@]12C.CC(O)C1CC[C@H]2[C@@H]3CC[C@H]4C[C@](C)(O)CC[C@@H]4[C@H]3CC[C@]12C.CC=C1CC[C@H]2[C@@H]3CC[C@H]4C[C@](C)(O)CC[C@@H]4[C@H]3CC[C@]12C.C[C@@]1(O)CC[C@H]2[C@@H](CC[C@@H]3[C@@H]2CC[C@]2(C)[C@@H](C(=O)CBr)CC[C@@H]32)C1.S=BI.[2H]CP.[B]=S.[B]=S. The molecule has 602 valence electrons. The molecule has 16 aliphatic carbocycles. The zero-order chi connectivity index (χ0) is 74.9. The molecule has 16 heteroatoms. The van der Waals surface area contributed by atoms with E-state index in [1.165, 1.54) is 167 Å². The fourth-order valence-electron chi connectivity index (χ4n) is 30.8. The molecule has 16 saturated carbocycles. The van der Waals surface area contributed by atoms with E-state index in [1.807, 2.05) is 50.1 Å². The summed E-state index contributed by atoms with van der Waals surface area (Å²) in [7, 11) is 2.25. The van der Waals surface area contributed by atoms with Crippen LogP contribution < -0.4 is 0 Å². The van der Waals surface area contributed by atoms with Gasteiger partial charge in [0, 0.05) is 13.2 Å². The first-order valence-corrected chi connectivity index (χ1v) is 46.2. The summed E-state index contributed by atoms with van der Waals surface area (Å²) in [6.07, 6.45) is 47.4. The van der Waals surface area contributed by atoms with Crippen molar-refractivity contribution in [2.75, 3.05) is 12.0 Å². The van der Waals surface area contributed by atoms with Crippen LogP contribution in [0.3, 0.4) is 0 Å². The van der Waals surface area contributed by atoms with Gasteiger partial charge in [0.15, 0.2) is 0 Å². The molecule has 3 unspecified atom stereocenters. The number of aliphatic hydroxyl groups excluding tert-OH is 1. The molecule has 7 nitrogen and oxygen atoms in total. The van der Waals surface area contributed by atoms with E-state index in [9.17, 15) is 35.1 Å². The molecular formula is C89H158B3BrIO7PS3. The average Bonchev–Trinajstić information content (AvgIpc) is 1.51. The number of carbonyl (C=O) groups excluding carboxylic acids is 2. The zero-order valence-electron chi connectivity index (χ0n) is 66.1. The number of alkyl halides is 1. The fraction of sp³-hybridized carbons (Fsp3) is 0.955. The van der Waals surface area contributed by atoms with E-state index in [0.717, 1.165) is 183 Å². The zero-order valence-corrected chi connectivity index (χ0v) is 72.5. The van der Waals surface area contributed by atoms with E-state index >= 15 is 0 Å². The quantitative estimate of drug-likeness (QED) is 0.0609. The monoisotopic (exact) mass is 1710 g/mol. The van der Waals surface area contributed by atoms with Gasteiger partial charge in [-0.05, 0) is 426 Å². The summed E-state index contributed by atoms with van der Waals surface area (Å²) < 4.78 is 7.72. The summed E-state index contributed by atoms with van der Waals surface area (Å²) in [5.41, 5.74) is 1.64. The van der Waals surface area contributed by atoms with Crippen molar-refractivity contribution in [3.8, 4) is 0 Å². The Labute approximate surface area is 690 Å². The molecule has 16 aliphatic rings. The maximum atomic E-state index is 12.5. The fourth-order valence-corrected chi connectivity index (χ4v) is 31.2. The van der Waals surface area contributed by atoms with Crippen molar-refractivity contribution >= 4 is 113 Å². The van der Waals surface area contributed by atoms with Crippen molar-refractivity contribution in [1.29, 1.82) is 0 Å². The molecule has 5 N–H and O–H groups in total. The number of rotatable bonds is 4. The number of carbonyl (C=O) groups is 2. The van der Waals surface area contributed by atoms with Gasteiger partial charge in [-0.2, -0.15) is 0 Å². The standard InChI is InChI=1S/C21H33BrO2.C21H36O2.C21H34O2.C21H34O.CH5P.4CH4.BIS.2BS/c1-20(24)9-7-14-13(11-20)3-4-16-15(14)8-10-21(2)17(16)5-6-18(21)19(23)12-22;2*1-13(22)18-6-7-19-17-5-4-14-12-20(2,23)10-8-15(14)16(17)9-11-21(18,19)3;1-4-15-6-8-19-18-7-5-14-13-20(2,22)11-9-16(14)17(18)10-12-21(15,19)3;1-2;;;;;2-1-3;2*1-2/h13-18,24H,3-12H2,1-2H3;13-19,22-23H,4-12H2,1-3H3;14-19,23H,4-12H2,1-3H3;4,14,16-19,22H,5-13H2,1-3H3;2H2,1H3;4*1H4;;;/t13-,14-,15+,16+,17-,18+,20+,21-;13?,14-,15-,16+,17+,18?,19-,20+,21+;14-,15-,16+,17+,18+,19-,20+,21+;14-,16-,17+,18+,19-,20+,21+;;;;;;;;/m0000......../s1/i;;;;1D;;;;;;;. The van der Waals surface area contributed by atoms with Crippen LogP contribution in [0.25, 0.3) is 0 Å². The first-order chi connectivity index (χ1) is 48.3. The van der Waals surface area contributed by atoms with Crippen LogP contribution in [0.2, 0.25) is 0 Å². The Morgan fingerprint density at radius 2 is 0.790 bits per heavy atom. The third kappa shape index (κ3) is 20.0. The van der Waals surface area contributed by atoms with Gasteiger partial charge in [0.1, 0.15) is 11.6 Å². The molecule has 2 radical (unpaired) electrons. The van der Waals surface area contributed by atoms with Crippen LogP contribution in [-0.4, -0.2) is 95.0 Å². The van der Waals surface area contributed by atoms with Gasteiger partial charge in [-0.25, -0.2) is 0 Å². The number of aliphatic hydroxyl groups is 5. The van der Waals surface area contributed by atoms with Gasteiger partial charge in [0.2, 0.25) is 0 Å². The number of Topliss-reactive ketones (excluding diaryl/α,β-unsaturated/α-hetero) is 2. The van der Waals surface area contributed by atoms with Crippen LogP contribution >= 0.6 is 83.7 Å². The van der Waals surface area contributed by atoms with Gasteiger partial charge in [0.05, 0.1) is 33.8 Å². The van der Waals surface area contributed by atoms with Crippen LogP contribution in [0.15, 0.2) is 11.6 Å². The van der Waals surface area contributed by atoms with E-state index in [2.05, 4.69) is 129 Å². The van der Waals surface area contributed by atoms with Gasteiger partial charge in [0.25, 0.3) is 0 Å². The summed E-state index contributed by atoms with van der Waals surface area (Å²) in [6.45, 7) is 32.8. The summed E-state index contributed by atoms with van der Waals surface area (Å²) in [5, 5.41) is 52.7. The maximum absolute atomic E-state index is 12.5. The third-order valence-corrected chi connectivity index (χ3v) is 35.4. The predicted octanol–water partition coefficient (Wildman–Crippen LogP) is 24.0. The Morgan fingerprint density at radius 1 is 0.495 bits per heavy atom. The van der Waals surface area contributed by atoms with E-state index in [-0.39, 0.29) is 46.8 Å². The van der Waals surface area contributed by atoms with Crippen molar-refractivity contribution in [3.63, 3.8) is 0 Å². The molecule has 0 amide bonds. The first kappa shape index (κ1) is 95.2. The van der Waals surface area contributed by atoms with Crippen LogP contribution in [-0.2, 0) is 9.59 Å². The van der Waals surface area contributed by atoms with Crippen molar-refractivity contribution in [1.82, 2.24) is 0 Å². The number of hydrogen-bond acceptors (Lipinski definition) is 10. The average molecular weight is 1710 g/mol. The Bertz CT molecular complexity index is 2820. The molecular weight excluding hydrogens is 1550 g/mol. The molecule has 0 aromatic heterocycles. The van der Waals surface area contributed by atoms with Crippen molar-refractivity contribution in [2.45, 2.75) is 366 Å². The summed E-state index contributed by atoms with van der Waals surface area (Å²) >= 11 is 16.8. The van der Waals surface area contributed by atoms with Gasteiger partial charge >= 0.3 is 76.0 Å². The van der Waals surface area contributed by atoms with Crippen molar-refractivity contribution in [2.24, 2.45) is 158 Å². The minimum atomic E-state index is -0.419. The Morgan fingerprint density at radius 3 is 1.12 bits per heavy atom. The van der Waals surface area contributed by atoms with E-state index < -0.39 is 16.8 Å². The van der Waals surface area contributed by atoms with Crippen LogP contribution in [0.1, 0.15) is 338 Å². The molecule has 16 rings (SSSR count). The second kappa shape index (κ2) is 40.0. The van der Waals surface area contributed by atoms with Gasteiger partial charge in [-0.3, -0.25) is 9.59 Å². The molecule has 16 fully saturated rings. The molecule has 0 aliphatic heterocycles. The first-order valence-electron chi connectivity index (χ1n) is 42.3. The summed E-state index contributed by atoms with van der Waals surface area (Å²) in [4.78, 5) is 24.6. The molecule has 0 bridgehead atoms. The van der Waals surface area contributed by atoms with Crippen LogP contribution in [0, 0.1) is 158 Å². The predicted molar refractivity (Wildman–Crippen MR) is 473 cm³/mol. The number of hydrogen-bond donors (Lipinski definition) is 5. The number of halogens is 2. The molecule has 0 aromatic carbocycles. The van der Waals surface area contributed by atoms with Crippen LogP contribution in [0.5, 0.6) is 0 Å². The summed E-state index contributed by atoms with van der Waals surface area (Å²) in [5.74, 6) is 19.3. The van der Waals surface area contributed by atoms with Gasteiger partial charge < -0.3 is 25.5 Å². The molecule has 0 heterocycles. The van der Waals surface area contributed by atoms with Crippen LogP contribution in [0.4, 0.5) is 0 Å². The van der Waals surface area contributed by atoms with E-state index in [1.54, 1.807) is 9.58 Å². The molecule has 0 spiro atoms. The second-order valence-corrected chi connectivity index (χ2v) is 41.9. The Kier molecular flexibility index (Phi) is 36.3. The molecule has 105 heavy (non-hydrogen) atoms. The van der Waals surface area contributed by atoms with Gasteiger partial charge in [-0.15, -0.1) is 9.24 Å². The Balaban J connectivity index is 0.000000240. The molecule has 0 saturated heterocycles. The minimum absolute atomic E-state index is 0. The third-order valence-electron chi connectivity index (χ3n) is 34.8. The van der Waals surface area contributed by atoms with E-state index in [0.29, 0.717) is 57.5 Å². The van der Waals surface area contributed by atoms with Gasteiger partial charge in [-0.1, -0.05) is 91.6 Å². The number of fused-ring (bicyclic) bond motifs is 20. The molecule has 33 atom stereocenters. The number of allylic oxidation sites excluding steroid dienone is 2. The normalized spacial score (nSPS) is 49.2.